The smallest absolute Gasteiger partial charge is 0.293 e. The zero-order valence-corrected chi connectivity index (χ0v) is 12.2. The molecule has 0 fully saturated rings. The van der Waals surface area contributed by atoms with Crippen molar-refractivity contribution in [3.8, 4) is 0 Å². The molecule has 2 N–H and O–H groups in total. The second-order valence-corrected chi connectivity index (χ2v) is 5.04. The largest absolute Gasteiger partial charge is 0.451 e. The third kappa shape index (κ3) is 4.20. The van der Waals surface area contributed by atoms with Crippen molar-refractivity contribution in [1.82, 2.24) is 15.2 Å². The lowest BCUT2D eigenvalue weighted by Gasteiger charge is -2.04. The van der Waals surface area contributed by atoms with Gasteiger partial charge < -0.3 is 0 Å². The molecule has 2 aromatic rings. The van der Waals surface area contributed by atoms with E-state index in [1.54, 1.807) is 11.2 Å². The second kappa shape index (κ2) is 6.35. The molecule has 1 aromatic heterocycles. The molecule has 0 saturated carbocycles. The van der Waals surface area contributed by atoms with Crippen LogP contribution in [0.2, 0.25) is 5.02 Å². The number of halogens is 4. The van der Waals surface area contributed by atoms with Gasteiger partial charge in [0, 0.05) is 11.4 Å². The SMILES string of the molecule is Cc1ccc(CCC(=O)Nc2n[nH]c(C(F)(F)F)n2)cc1Cl. The van der Waals surface area contributed by atoms with Crippen LogP contribution in [-0.4, -0.2) is 21.1 Å². The van der Waals surface area contributed by atoms with E-state index in [2.05, 4.69) is 15.4 Å². The highest BCUT2D eigenvalue weighted by molar-refractivity contribution is 6.31. The van der Waals surface area contributed by atoms with Gasteiger partial charge in [0.25, 0.3) is 0 Å². The van der Waals surface area contributed by atoms with Gasteiger partial charge in [-0.15, -0.1) is 5.10 Å². The van der Waals surface area contributed by atoms with Crippen LogP contribution in [0.5, 0.6) is 0 Å². The second-order valence-electron chi connectivity index (χ2n) is 4.64. The van der Waals surface area contributed by atoms with Crippen LogP contribution in [0.1, 0.15) is 23.4 Å². The molecule has 0 atom stereocenters. The Bertz CT molecular complexity index is 684. The summed E-state index contributed by atoms with van der Waals surface area (Å²) in [5, 5.41) is 7.82. The highest BCUT2D eigenvalue weighted by Crippen LogP contribution is 2.26. The lowest BCUT2D eigenvalue weighted by Crippen LogP contribution is -2.14. The first-order valence-corrected chi connectivity index (χ1v) is 6.68. The number of hydrogen-bond acceptors (Lipinski definition) is 3. The van der Waals surface area contributed by atoms with Crippen LogP contribution in [0.3, 0.4) is 0 Å². The Labute approximate surface area is 128 Å². The Balaban J connectivity index is 1.90. The van der Waals surface area contributed by atoms with Crippen LogP contribution in [0, 0.1) is 6.92 Å². The molecule has 0 bridgehead atoms. The predicted octanol–water partition coefficient (Wildman–Crippen LogP) is 3.36. The van der Waals surface area contributed by atoms with Crippen LogP contribution in [-0.2, 0) is 17.4 Å². The molecule has 1 heterocycles. The van der Waals surface area contributed by atoms with Gasteiger partial charge in [0.1, 0.15) is 0 Å². The first-order valence-electron chi connectivity index (χ1n) is 6.30. The predicted molar refractivity (Wildman–Crippen MR) is 74.5 cm³/mol. The summed E-state index contributed by atoms with van der Waals surface area (Å²) in [6.45, 7) is 1.86. The van der Waals surface area contributed by atoms with Crippen molar-refractivity contribution in [2.75, 3.05) is 5.32 Å². The Hall–Kier alpha value is -2.09. The van der Waals surface area contributed by atoms with Crippen LogP contribution >= 0.6 is 11.6 Å². The Morgan fingerprint density at radius 1 is 1.41 bits per heavy atom. The molecule has 2 rings (SSSR count). The highest BCUT2D eigenvalue weighted by Gasteiger charge is 2.35. The molecule has 1 amide bonds. The summed E-state index contributed by atoms with van der Waals surface area (Å²) in [7, 11) is 0. The fourth-order valence-electron chi connectivity index (χ4n) is 1.68. The minimum Gasteiger partial charge on any atom is -0.293 e. The first-order chi connectivity index (χ1) is 10.3. The molecule has 5 nitrogen and oxygen atoms in total. The van der Waals surface area contributed by atoms with Gasteiger partial charge in [0.2, 0.25) is 17.7 Å². The maximum Gasteiger partial charge on any atom is 0.451 e. The van der Waals surface area contributed by atoms with E-state index in [1.165, 1.54) is 0 Å². The number of H-pyrrole nitrogens is 1. The van der Waals surface area contributed by atoms with E-state index in [0.717, 1.165) is 11.1 Å². The Kier molecular flexibility index (Phi) is 4.70. The number of amides is 1. The number of aromatic nitrogens is 3. The van der Waals surface area contributed by atoms with Gasteiger partial charge in [-0.25, -0.2) is 0 Å². The molecule has 118 valence electrons. The maximum atomic E-state index is 12.3. The number of aryl methyl sites for hydroxylation is 2. The van der Waals surface area contributed by atoms with Crippen molar-refractivity contribution < 1.29 is 18.0 Å². The van der Waals surface area contributed by atoms with Crippen molar-refractivity contribution in [2.24, 2.45) is 0 Å². The van der Waals surface area contributed by atoms with Gasteiger partial charge in [-0.3, -0.25) is 15.2 Å². The molecule has 0 radical (unpaired) electrons. The van der Waals surface area contributed by atoms with E-state index >= 15 is 0 Å². The number of hydrogen-bond donors (Lipinski definition) is 2. The summed E-state index contributed by atoms with van der Waals surface area (Å²) >= 11 is 5.97. The molecule has 0 aliphatic heterocycles. The summed E-state index contributed by atoms with van der Waals surface area (Å²) in [6.07, 6.45) is -4.15. The fourth-order valence-corrected chi connectivity index (χ4v) is 1.88. The van der Waals surface area contributed by atoms with Crippen LogP contribution in [0.4, 0.5) is 19.1 Å². The summed E-state index contributed by atoms with van der Waals surface area (Å²) in [4.78, 5) is 14.8. The molecule has 0 unspecified atom stereocenters. The quantitative estimate of drug-likeness (QED) is 0.902. The highest BCUT2D eigenvalue weighted by atomic mass is 35.5. The number of anilines is 1. The van der Waals surface area contributed by atoms with E-state index in [0.29, 0.717) is 11.4 Å². The van der Waals surface area contributed by atoms with Gasteiger partial charge in [-0.1, -0.05) is 23.7 Å². The lowest BCUT2D eigenvalue weighted by atomic mass is 10.1. The van der Waals surface area contributed by atoms with Crippen molar-refractivity contribution in [1.29, 1.82) is 0 Å². The van der Waals surface area contributed by atoms with Crippen LogP contribution < -0.4 is 5.32 Å². The molecular formula is C13H12ClF3N4O. The molecule has 0 spiro atoms. The zero-order valence-electron chi connectivity index (χ0n) is 11.5. The minimum atomic E-state index is -4.63. The van der Waals surface area contributed by atoms with Gasteiger partial charge in [-0.05, 0) is 30.5 Å². The summed E-state index contributed by atoms with van der Waals surface area (Å²) in [6, 6.07) is 5.42. The molecule has 9 heteroatoms. The molecule has 0 aliphatic rings. The molecule has 22 heavy (non-hydrogen) atoms. The van der Waals surface area contributed by atoms with Crippen molar-refractivity contribution in [3.63, 3.8) is 0 Å². The number of nitrogens with one attached hydrogen (secondary N) is 2. The summed E-state index contributed by atoms with van der Waals surface area (Å²) < 4.78 is 37.0. The summed E-state index contributed by atoms with van der Waals surface area (Å²) in [5.41, 5.74) is 1.78. The van der Waals surface area contributed by atoms with Gasteiger partial charge in [-0.2, -0.15) is 18.2 Å². The van der Waals surface area contributed by atoms with Crippen molar-refractivity contribution >= 4 is 23.5 Å². The van der Waals surface area contributed by atoms with E-state index in [-0.39, 0.29) is 6.42 Å². The number of carbonyl (C=O) groups excluding carboxylic acids is 1. The first kappa shape index (κ1) is 16.3. The average Bonchev–Trinajstić information content (AvgIpc) is 2.88. The van der Waals surface area contributed by atoms with E-state index in [1.807, 2.05) is 19.1 Å². The number of carbonyl (C=O) groups is 1. The minimum absolute atomic E-state index is 0.0787. The number of benzene rings is 1. The third-order valence-corrected chi connectivity index (χ3v) is 3.29. The molecule has 0 saturated heterocycles. The standard InChI is InChI=1S/C13H12ClF3N4O/c1-7-2-3-8(6-9(7)14)4-5-10(22)18-12-19-11(20-21-12)13(15,16)17/h2-3,6H,4-5H2,1H3,(H2,18,19,20,21,22). The monoisotopic (exact) mass is 332 g/mol. The van der Waals surface area contributed by atoms with Crippen molar-refractivity contribution in [2.45, 2.75) is 25.9 Å². The van der Waals surface area contributed by atoms with Crippen LogP contribution in [0.25, 0.3) is 0 Å². The molecule has 1 aromatic carbocycles. The topological polar surface area (TPSA) is 70.7 Å². The third-order valence-electron chi connectivity index (χ3n) is 2.88. The Morgan fingerprint density at radius 3 is 2.73 bits per heavy atom. The van der Waals surface area contributed by atoms with Gasteiger partial charge in [0.05, 0.1) is 0 Å². The number of nitrogens with zero attached hydrogens (tertiary/aromatic N) is 2. The molecular weight excluding hydrogens is 321 g/mol. The number of alkyl halides is 3. The van der Waals surface area contributed by atoms with Crippen molar-refractivity contribution in [3.05, 3.63) is 40.2 Å². The maximum absolute atomic E-state index is 12.3. The lowest BCUT2D eigenvalue weighted by molar-refractivity contribution is -0.144. The van der Waals surface area contributed by atoms with E-state index in [4.69, 9.17) is 11.6 Å². The number of aromatic amines is 1. The van der Waals surface area contributed by atoms with Crippen LogP contribution in [0.15, 0.2) is 18.2 Å². The van der Waals surface area contributed by atoms with E-state index in [9.17, 15) is 18.0 Å². The zero-order chi connectivity index (χ0) is 16.3. The van der Waals surface area contributed by atoms with E-state index < -0.39 is 23.9 Å². The molecule has 0 aliphatic carbocycles. The summed E-state index contributed by atoms with van der Waals surface area (Å²) in [5.74, 6) is -2.14. The normalized spacial score (nSPS) is 11.5. The number of rotatable bonds is 4. The average molecular weight is 333 g/mol. The Morgan fingerprint density at radius 2 is 2.14 bits per heavy atom. The van der Waals surface area contributed by atoms with Gasteiger partial charge in [0.15, 0.2) is 0 Å². The fraction of sp³-hybridized carbons (Fsp3) is 0.308. The van der Waals surface area contributed by atoms with Gasteiger partial charge >= 0.3 is 6.18 Å².